The lowest BCUT2D eigenvalue weighted by molar-refractivity contribution is 1.07. The zero-order valence-electron chi connectivity index (χ0n) is 16.5. The van der Waals surface area contributed by atoms with E-state index in [1.54, 1.807) is 6.20 Å². The van der Waals surface area contributed by atoms with Crippen molar-refractivity contribution < 1.29 is 0 Å². The molecule has 0 aliphatic heterocycles. The Balaban J connectivity index is 1.66. The van der Waals surface area contributed by atoms with Crippen LogP contribution in [0.3, 0.4) is 0 Å². The Hall–Kier alpha value is -3.89. The van der Waals surface area contributed by atoms with Crippen molar-refractivity contribution in [2.45, 2.75) is 0 Å². The van der Waals surface area contributed by atoms with Crippen LogP contribution in [-0.4, -0.2) is 19.9 Å². The number of benzene rings is 3. The van der Waals surface area contributed by atoms with E-state index in [4.69, 9.17) is 26.6 Å². The van der Waals surface area contributed by atoms with Gasteiger partial charge < -0.3 is 0 Å². The predicted octanol–water partition coefficient (Wildman–Crippen LogP) is 6.59. The molecule has 0 amide bonds. The van der Waals surface area contributed by atoms with E-state index in [1.807, 2.05) is 85.1 Å². The minimum Gasteiger partial charge on any atom is -0.264 e. The van der Waals surface area contributed by atoms with E-state index in [1.165, 1.54) is 0 Å². The van der Waals surface area contributed by atoms with E-state index in [2.05, 4.69) is 17.1 Å². The summed E-state index contributed by atoms with van der Waals surface area (Å²) in [6.45, 7) is 0. The molecule has 2 heterocycles. The van der Waals surface area contributed by atoms with Crippen LogP contribution in [0.25, 0.3) is 45.3 Å². The molecular formula is C26H17ClN4. The van der Waals surface area contributed by atoms with Crippen molar-refractivity contribution in [3.05, 3.63) is 108 Å². The lowest BCUT2D eigenvalue weighted by atomic mass is 10.0. The number of halogens is 1. The second-order valence-electron chi connectivity index (χ2n) is 7.00. The van der Waals surface area contributed by atoms with E-state index in [0.29, 0.717) is 22.5 Å². The van der Waals surface area contributed by atoms with Gasteiger partial charge in [-0.25, -0.2) is 15.0 Å². The fourth-order valence-corrected chi connectivity index (χ4v) is 3.45. The summed E-state index contributed by atoms with van der Waals surface area (Å²) in [6.07, 6.45) is 3.62. The van der Waals surface area contributed by atoms with Crippen molar-refractivity contribution in [3.63, 3.8) is 0 Å². The zero-order chi connectivity index (χ0) is 21.0. The van der Waals surface area contributed by atoms with E-state index in [9.17, 15) is 0 Å². The van der Waals surface area contributed by atoms with Crippen molar-refractivity contribution in [1.82, 2.24) is 19.9 Å². The van der Waals surface area contributed by atoms with Gasteiger partial charge in [-0.3, -0.25) is 4.98 Å². The van der Waals surface area contributed by atoms with Crippen LogP contribution in [0.4, 0.5) is 0 Å². The summed E-state index contributed by atoms with van der Waals surface area (Å²) < 4.78 is 0. The highest BCUT2D eigenvalue weighted by Crippen LogP contribution is 2.28. The summed E-state index contributed by atoms with van der Waals surface area (Å²) in [5.41, 5.74) is 4.83. The molecule has 31 heavy (non-hydrogen) atoms. The van der Waals surface area contributed by atoms with Crippen molar-refractivity contribution in [2.24, 2.45) is 0 Å². The Bertz CT molecular complexity index is 1320. The highest BCUT2D eigenvalue weighted by atomic mass is 35.5. The second-order valence-corrected chi connectivity index (χ2v) is 7.44. The topological polar surface area (TPSA) is 51.6 Å². The van der Waals surface area contributed by atoms with Gasteiger partial charge in [-0.15, -0.1) is 0 Å². The minimum atomic E-state index is 0.604. The number of rotatable bonds is 4. The van der Waals surface area contributed by atoms with Gasteiger partial charge in [-0.1, -0.05) is 66.2 Å². The molecule has 0 saturated heterocycles. The molecule has 4 nitrogen and oxygen atoms in total. The Kier molecular flexibility index (Phi) is 5.21. The second kappa shape index (κ2) is 8.46. The number of hydrogen-bond donors (Lipinski definition) is 0. The summed E-state index contributed by atoms with van der Waals surface area (Å²) in [5, 5.41) is 0.672. The normalized spacial score (nSPS) is 10.7. The van der Waals surface area contributed by atoms with Crippen molar-refractivity contribution >= 4 is 11.6 Å². The summed E-state index contributed by atoms with van der Waals surface area (Å²) in [5.74, 6) is 1.85. The van der Waals surface area contributed by atoms with Gasteiger partial charge in [0.2, 0.25) is 0 Å². The molecule has 0 N–H and O–H groups in total. The van der Waals surface area contributed by atoms with Crippen molar-refractivity contribution in [2.75, 3.05) is 0 Å². The lowest BCUT2D eigenvalue weighted by Crippen LogP contribution is -2.00. The average Bonchev–Trinajstić information content (AvgIpc) is 2.85. The summed E-state index contributed by atoms with van der Waals surface area (Å²) in [6, 6.07) is 29.5. The highest BCUT2D eigenvalue weighted by molar-refractivity contribution is 6.30. The van der Waals surface area contributed by atoms with Crippen LogP contribution in [0.5, 0.6) is 0 Å². The number of nitrogens with zero attached hydrogens (tertiary/aromatic N) is 4. The fraction of sp³-hybridized carbons (Fsp3) is 0. The average molecular weight is 421 g/mol. The number of hydrogen-bond acceptors (Lipinski definition) is 4. The standard InChI is InChI=1S/C26H17ClN4/c27-23-13-11-19(12-14-23)25-29-24(18-6-2-1-3-7-18)30-26(31-25)21-9-4-8-20(16-21)22-10-5-15-28-17-22/h1-17H. The van der Waals surface area contributed by atoms with Crippen LogP contribution in [0, 0.1) is 0 Å². The van der Waals surface area contributed by atoms with E-state index in [-0.39, 0.29) is 0 Å². The molecule has 0 radical (unpaired) electrons. The predicted molar refractivity (Wildman–Crippen MR) is 124 cm³/mol. The Morgan fingerprint density at radius 3 is 1.74 bits per heavy atom. The first-order chi connectivity index (χ1) is 15.3. The maximum atomic E-state index is 6.07. The van der Waals surface area contributed by atoms with Gasteiger partial charge in [0.25, 0.3) is 0 Å². The van der Waals surface area contributed by atoms with Crippen LogP contribution in [0.1, 0.15) is 0 Å². The molecule has 3 aromatic carbocycles. The van der Waals surface area contributed by atoms with Crippen LogP contribution < -0.4 is 0 Å². The maximum Gasteiger partial charge on any atom is 0.164 e. The van der Waals surface area contributed by atoms with Crippen LogP contribution in [0.2, 0.25) is 5.02 Å². The lowest BCUT2D eigenvalue weighted by Gasteiger charge is -2.09. The summed E-state index contributed by atoms with van der Waals surface area (Å²) in [4.78, 5) is 18.5. The molecule has 0 saturated carbocycles. The largest absolute Gasteiger partial charge is 0.264 e. The number of pyridine rings is 1. The molecule has 5 heteroatoms. The molecule has 0 atom stereocenters. The molecule has 2 aromatic heterocycles. The molecule has 5 rings (SSSR count). The van der Waals surface area contributed by atoms with Crippen molar-refractivity contribution in [1.29, 1.82) is 0 Å². The zero-order valence-corrected chi connectivity index (χ0v) is 17.2. The van der Waals surface area contributed by atoms with Gasteiger partial charge in [0.05, 0.1) is 0 Å². The Morgan fingerprint density at radius 2 is 1.06 bits per heavy atom. The third kappa shape index (κ3) is 4.20. The van der Waals surface area contributed by atoms with Gasteiger partial charge in [0.1, 0.15) is 0 Å². The molecule has 0 spiro atoms. The van der Waals surface area contributed by atoms with Crippen LogP contribution in [0.15, 0.2) is 103 Å². The first-order valence-corrected chi connectivity index (χ1v) is 10.2. The van der Waals surface area contributed by atoms with Crippen molar-refractivity contribution in [3.8, 4) is 45.3 Å². The first-order valence-electron chi connectivity index (χ1n) is 9.84. The Labute approximate surface area is 185 Å². The summed E-state index contributed by atoms with van der Waals surface area (Å²) in [7, 11) is 0. The van der Waals surface area contributed by atoms with Gasteiger partial charge >= 0.3 is 0 Å². The van der Waals surface area contributed by atoms with Gasteiger partial charge in [-0.2, -0.15) is 0 Å². The number of aromatic nitrogens is 4. The SMILES string of the molecule is Clc1ccc(-c2nc(-c3ccccc3)nc(-c3cccc(-c4cccnc4)c3)n2)cc1. The quantitative estimate of drug-likeness (QED) is 0.329. The molecule has 5 aromatic rings. The monoisotopic (exact) mass is 420 g/mol. The molecule has 148 valence electrons. The molecule has 0 fully saturated rings. The van der Waals surface area contributed by atoms with Crippen LogP contribution >= 0.6 is 11.6 Å². The molecule has 0 unspecified atom stereocenters. The van der Waals surface area contributed by atoms with Gasteiger partial charge in [0, 0.05) is 39.7 Å². The van der Waals surface area contributed by atoms with E-state index >= 15 is 0 Å². The Morgan fingerprint density at radius 1 is 0.484 bits per heavy atom. The van der Waals surface area contributed by atoms with E-state index < -0.39 is 0 Å². The molecule has 0 bridgehead atoms. The van der Waals surface area contributed by atoms with E-state index in [0.717, 1.165) is 27.8 Å². The maximum absolute atomic E-state index is 6.07. The summed E-state index contributed by atoms with van der Waals surface area (Å²) >= 11 is 6.07. The highest BCUT2D eigenvalue weighted by Gasteiger charge is 2.12. The fourth-order valence-electron chi connectivity index (χ4n) is 3.32. The van der Waals surface area contributed by atoms with Gasteiger partial charge in [0.15, 0.2) is 17.5 Å². The smallest absolute Gasteiger partial charge is 0.164 e. The third-order valence-electron chi connectivity index (χ3n) is 4.89. The third-order valence-corrected chi connectivity index (χ3v) is 5.14. The van der Waals surface area contributed by atoms with Gasteiger partial charge in [-0.05, 0) is 42.0 Å². The first kappa shape index (κ1) is 19.1. The molecule has 0 aliphatic carbocycles. The molecule has 0 aliphatic rings. The minimum absolute atomic E-state index is 0.604. The molecular weight excluding hydrogens is 404 g/mol. The van der Waals surface area contributed by atoms with Crippen LogP contribution in [-0.2, 0) is 0 Å².